The molecule has 5 nitrogen and oxygen atoms in total. The van der Waals surface area contributed by atoms with E-state index in [2.05, 4.69) is 48.1 Å². The summed E-state index contributed by atoms with van der Waals surface area (Å²) in [5.74, 6) is 7.56. The molecule has 0 aliphatic heterocycles. The number of hydrogen-bond acceptors (Lipinski definition) is 5. The quantitative estimate of drug-likeness (QED) is 0.597. The van der Waals surface area contributed by atoms with Crippen molar-refractivity contribution in [2.75, 3.05) is 12.5 Å². The fraction of sp³-hybridized carbons (Fsp3) is 0.692. The van der Waals surface area contributed by atoms with E-state index in [1.165, 1.54) is 6.42 Å². The lowest BCUT2D eigenvalue weighted by Gasteiger charge is -2.25. The molecule has 0 bridgehead atoms. The SMILES string of the molecule is Cc1cc(NN)nc(CN(C)C(C)CC(C)C)n1. The fourth-order valence-corrected chi connectivity index (χ4v) is 2.02. The van der Waals surface area contributed by atoms with Gasteiger partial charge in [0, 0.05) is 17.8 Å². The van der Waals surface area contributed by atoms with Crippen LogP contribution in [-0.4, -0.2) is 28.0 Å². The molecule has 102 valence electrons. The number of rotatable bonds is 6. The van der Waals surface area contributed by atoms with Crippen LogP contribution in [0.15, 0.2) is 6.07 Å². The fourth-order valence-electron chi connectivity index (χ4n) is 2.02. The Hall–Kier alpha value is -1.20. The molecule has 1 rings (SSSR count). The first-order valence-corrected chi connectivity index (χ1v) is 6.43. The van der Waals surface area contributed by atoms with E-state index >= 15 is 0 Å². The maximum absolute atomic E-state index is 5.39. The van der Waals surface area contributed by atoms with Gasteiger partial charge in [0.05, 0.1) is 6.54 Å². The van der Waals surface area contributed by atoms with Crippen LogP contribution in [0.25, 0.3) is 0 Å². The number of hydrazine groups is 1. The minimum atomic E-state index is 0.517. The lowest BCUT2D eigenvalue weighted by Crippen LogP contribution is -2.30. The molecule has 0 spiro atoms. The number of nitrogen functional groups attached to an aromatic ring is 1. The van der Waals surface area contributed by atoms with Crippen LogP contribution >= 0.6 is 0 Å². The van der Waals surface area contributed by atoms with Gasteiger partial charge in [-0.25, -0.2) is 15.8 Å². The summed E-state index contributed by atoms with van der Waals surface area (Å²) in [6.45, 7) is 9.40. The molecule has 5 heteroatoms. The van der Waals surface area contributed by atoms with Crippen LogP contribution in [0.5, 0.6) is 0 Å². The Balaban J connectivity index is 2.68. The highest BCUT2D eigenvalue weighted by Gasteiger charge is 2.13. The van der Waals surface area contributed by atoms with E-state index in [-0.39, 0.29) is 0 Å². The Morgan fingerprint density at radius 3 is 2.56 bits per heavy atom. The molecule has 3 N–H and O–H groups in total. The smallest absolute Gasteiger partial charge is 0.145 e. The van der Waals surface area contributed by atoms with Crippen molar-refractivity contribution in [1.29, 1.82) is 0 Å². The first kappa shape index (κ1) is 14.9. The van der Waals surface area contributed by atoms with Gasteiger partial charge in [-0.2, -0.15) is 0 Å². The van der Waals surface area contributed by atoms with Gasteiger partial charge in [0.2, 0.25) is 0 Å². The second-order valence-electron chi connectivity index (χ2n) is 5.35. The van der Waals surface area contributed by atoms with Crippen molar-refractivity contribution in [2.24, 2.45) is 11.8 Å². The number of nitrogens with one attached hydrogen (secondary N) is 1. The predicted octanol–water partition coefficient (Wildman–Crippen LogP) is 1.94. The molecule has 0 aliphatic carbocycles. The Morgan fingerprint density at radius 2 is 2.00 bits per heavy atom. The average Bonchev–Trinajstić information content (AvgIpc) is 2.27. The molecule has 0 amide bonds. The van der Waals surface area contributed by atoms with Crippen LogP contribution < -0.4 is 11.3 Å². The van der Waals surface area contributed by atoms with Gasteiger partial charge in [0.25, 0.3) is 0 Å². The van der Waals surface area contributed by atoms with Crippen LogP contribution in [0.1, 0.15) is 38.7 Å². The Morgan fingerprint density at radius 1 is 1.33 bits per heavy atom. The molecule has 18 heavy (non-hydrogen) atoms. The number of anilines is 1. The predicted molar refractivity (Wildman–Crippen MR) is 75.0 cm³/mol. The lowest BCUT2D eigenvalue weighted by molar-refractivity contribution is 0.216. The molecule has 0 aromatic carbocycles. The molecule has 1 unspecified atom stereocenters. The standard InChI is InChI=1S/C13H25N5/c1-9(2)6-11(4)18(5)8-13-15-10(3)7-12(16-13)17-14/h7,9,11H,6,8,14H2,1-5H3,(H,15,16,17). The molecule has 0 fully saturated rings. The van der Waals surface area contributed by atoms with E-state index in [9.17, 15) is 0 Å². The number of aromatic nitrogens is 2. The second-order valence-corrected chi connectivity index (χ2v) is 5.35. The Kier molecular flexibility index (Phi) is 5.50. The summed E-state index contributed by atoms with van der Waals surface area (Å²) < 4.78 is 0. The zero-order chi connectivity index (χ0) is 13.7. The molecule has 1 aromatic heterocycles. The van der Waals surface area contributed by atoms with Crippen molar-refractivity contribution in [3.8, 4) is 0 Å². The Bertz CT molecular complexity index is 378. The highest BCUT2D eigenvalue weighted by Crippen LogP contribution is 2.12. The first-order chi connectivity index (χ1) is 8.42. The topological polar surface area (TPSA) is 67.1 Å². The third-order valence-corrected chi connectivity index (χ3v) is 3.00. The van der Waals surface area contributed by atoms with E-state index in [0.717, 1.165) is 18.1 Å². The monoisotopic (exact) mass is 251 g/mol. The number of nitrogens with zero attached hydrogens (tertiary/aromatic N) is 3. The van der Waals surface area contributed by atoms with Crippen LogP contribution in [0.3, 0.4) is 0 Å². The molecule has 0 saturated carbocycles. The normalized spacial score (nSPS) is 13.1. The van der Waals surface area contributed by atoms with Gasteiger partial charge >= 0.3 is 0 Å². The lowest BCUT2D eigenvalue weighted by atomic mass is 10.0. The largest absolute Gasteiger partial charge is 0.308 e. The number of nitrogens with two attached hydrogens (primary N) is 1. The molecule has 1 aromatic rings. The van der Waals surface area contributed by atoms with E-state index in [1.54, 1.807) is 0 Å². The highest BCUT2D eigenvalue weighted by atomic mass is 15.3. The van der Waals surface area contributed by atoms with Gasteiger partial charge in [0.1, 0.15) is 11.6 Å². The molecule has 1 atom stereocenters. The van der Waals surface area contributed by atoms with E-state index in [4.69, 9.17) is 5.84 Å². The molecule has 1 heterocycles. The first-order valence-electron chi connectivity index (χ1n) is 6.43. The molecule has 0 aliphatic rings. The van der Waals surface area contributed by atoms with Crippen molar-refractivity contribution in [1.82, 2.24) is 14.9 Å². The van der Waals surface area contributed by atoms with Crippen molar-refractivity contribution in [2.45, 2.75) is 46.7 Å². The average molecular weight is 251 g/mol. The minimum Gasteiger partial charge on any atom is -0.308 e. The van der Waals surface area contributed by atoms with Gasteiger partial charge in [-0.1, -0.05) is 13.8 Å². The summed E-state index contributed by atoms with van der Waals surface area (Å²) in [7, 11) is 2.11. The summed E-state index contributed by atoms with van der Waals surface area (Å²) in [6.07, 6.45) is 1.17. The maximum atomic E-state index is 5.39. The van der Waals surface area contributed by atoms with Gasteiger partial charge in [-0.05, 0) is 33.2 Å². The van der Waals surface area contributed by atoms with Crippen LogP contribution in [-0.2, 0) is 6.54 Å². The summed E-state index contributed by atoms with van der Waals surface area (Å²) in [6, 6.07) is 2.35. The van der Waals surface area contributed by atoms with Crippen LogP contribution in [0, 0.1) is 12.8 Å². The van der Waals surface area contributed by atoms with Crippen molar-refractivity contribution >= 4 is 5.82 Å². The van der Waals surface area contributed by atoms with Crippen molar-refractivity contribution in [3.63, 3.8) is 0 Å². The van der Waals surface area contributed by atoms with Crippen LogP contribution in [0.4, 0.5) is 5.82 Å². The molecule has 0 saturated heterocycles. The zero-order valence-corrected chi connectivity index (χ0v) is 12.1. The molecular weight excluding hydrogens is 226 g/mol. The second kappa shape index (κ2) is 6.66. The van der Waals surface area contributed by atoms with E-state index in [0.29, 0.717) is 17.8 Å². The Labute approximate surface area is 110 Å². The summed E-state index contributed by atoms with van der Waals surface area (Å²) >= 11 is 0. The van der Waals surface area contributed by atoms with Gasteiger partial charge in [-0.15, -0.1) is 0 Å². The number of hydrogen-bond donors (Lipinski definition) is 2. The van der Waals surface area contributed by atoms with E-state index < -0.39 is 0 Å². The van der Waals surface area contributed by atoms with Crippen molar-refractivity contribution < 1.29 is 0 Å². The summed E-state index contributed by atoms with van der Waals surface area (Å²) in [4.78, 5) is 11.1. The summed E-state index contributed by atoms with van der Waals surface area (Å²) in [5.41, 5.74) is 3.50. The molecular formula is C13H25N5. The molecule has 0 radical (unpaired) electrons. The third-order valence-electron chi connectivity index (χ3n) is 3.00. The minimum absolute atomic E-state index is 0.517. The maximum Gasteiger partial charge on any atom is 0.145 e. The zero-order valence-electron chi connectivity index (χ0n) is 12.1. The van der Waals surface area contributed by atoms with Gasteiger partial charge in [0.15, 0.2) is 0 Å². The van der Waals surface area contributed by atoms with E-state index in [1.807, 2.05) is 13.0 Å². The van der Waals surface area contributed by atoms with Crippen LogP contribution in [0.2, 0.25) is 0 Å². The number of aryl methyl sites for hydroxylation is 1. The van der Waals surface area contributed by atoms with Gasteiger partial charge < -0.3 is 5.43 Å². The van der Waals surface area contributed by atoms with Crippen molar-refractivity contribution in [3.05, 3.63) is 17.6 Å². The van der Waals surface area contributed by atoms with Gasteiger partial charge in [-0.3, -0.25) is 4.90 Å². The third kappa shape index (κ3) is 4.58. The highest BCUT2D eigenvalue weighted by molar-refractivity contribution is 5.33. The summed E-state index contributed by atoms with van der Waals surface area (Å²) in [5, 5.41) is 0.